The molecule has 0 spiro atoms. The highest BCUT2D eigenvalue weighted by Gasteiger charge is 2.05. The van der Waals surface area contributed by atoms with Gasteiger partial charge in [-0.05, 0) is 48.9 Å². The van der Waals surface area contributed by atoms with E-state index in [9.17, 15) is 0 Å². The Bertz CT molecular complexity index is 534. The van der Waals surface area contributed by atoms with Crippen molar-refractivity contribution >= 4 is 29.7 Å². The molecule has 2 rings (SSSR count). The molecule has 0 fully saturated rings. The normalized spacial score (nSPS) is 12.4. The summed E-state index contributed by atoms with van der Waals surface area (Å²) < 4.78 is 0. The minimum atomic E-state index is 0.955. The fraction of sp³-hybridized carbons (Fsp3) is 0.250. The van der Waals surface area contributed by atoms with Gasteiger partial charge in [-0.3, -0.25) is 0 Å². The Morgan fingerprint density at radius 3 is 2.80 bits per heavy atom. The third kappa shape index (κ3) is 1.92. The largest absolute Gasteiger partial charge is 0.342 e. The lowest BCUT2D eigenvalue weighted by molar-refractivity contribution is 1.17. The topological polar surface area (TPSA) is 28.7 Å². The zero-order valence-corrected chi connectivity index (χ0v) is 10.0. The van der Waals surface area contributed by atoms with Crippen molar-refractivity contribution in [3.63, 3.8) is 0 Å². The molecule has 1 heterocycles. The molecule has 0 saturated heterocycles. The van der Waals surface area contributed by atoms with Gasteiger partial charge in [0.2, 0.25) is 0 Å². The zero-order valence-electron chi connectivity index (χ0n) is 9.13. The summed E-state index contributed by atoms with van der Waals surface area (Å²) in [5, 5.41) is 0. The zero-order chi connectivity index (χ0) is 11.0. The highest BCUT2D eigenvalue weighted by molar-refractivity contribution is 7.84. The van der Waals surface area contributed by atoms with Crippen molar-refractivity contribution in [2.45, 2.75) is 20.8 Å². The van der Waals surface area contributed by atoms with Crippen LogP contribution in [0.4, 0.5) is 0 Å². The van der Waals surface area contributed by atoms with Gasteiger partial charge in [0.1, 0.15) is 5.82 Å². The number of nitrogens with one attached hydrogen (secondary N) is 1. The smallest absolute Gasteiger partial charge is 0.104 e. The molecule has 1 N–H and O–H groups in total. The molecule has 0 bridgehead atoms. The van der Waals surface area contributed by atoms with Crippen molar-refractivity contribution in [1.29, 1.82) is 0 Å². The van der Waals surface area contributed by atoms with Crippen LogP contribution >= 0.6 is 12.6 Å². The van der Waals surface area contributed by atoms with Gasteiger partial charge < -0.3 is 4.98 Å². The van der Waals surface area contributed by atoms with Crippen molar-refractivity contribution < 1.29 is 0 Å². The molecule has 15 heavy (non-hydrogen) atoms. The number of allylic oxidation sites excluding steroid dienone is 1. The fourth-order valence-corrected chi connectivity index (χ4v) is 1.87. The van der Waals surface area contributed by atoms with Gasteiger partial charge in [-0.15, -0.1) is 12.6 Å². The third-order valence-electron chi connectivity index (χ3n) is 2.44. The summed E-state index contributed by atoms with van der Waals surface area (Å²) in [6.07, 6.45) is 2.06. The van der Waals surface area contributed by atoms with Gasteiger partial charge in [0, 0.05) is 0 Å². The molecule has 78 valence electrons. The van der Waals surface area contributed by atoms with Crippen molar-refractivity contribution in [3.8, 4) is 0 Å². The number of aryl methyl sites for hydroxylation is 2. The van der Waals surface area contributed by atoms with Crippen molar-refractivity contribution in [1.82, 2.24) is 9.97 Å². The molecule has 0 unspecified atom stereocenters. The molecule has 0 saturated carbocycles. The van der Waals surface area contributed by atoms with E-state index in [1.165, 1.54) is 11.1 Å². The Labute approximate surface area is 94.8 Å². The first-order valence-corrected chi connectivity index (χ1v) is 5.36. The molecular formula is C12H14N2S. The maximum atomic E-state index is 4.40. The number of nitrogens with zero attached hydrogens (tertiary/aromatic N) is 1. The first-order valence-electron chi connectivity index (χ1n) is 4.91. The molecular weight excluding hydrogens is 204 g/mol. The van der Waals surface area contributed by atoms with Crippen LogP contribution in [0.3, 0.4) is 0 Å². The van der Waals surface area contributed by atoms with E-state index in [0.29, 0.717) is 0 Å². The van der Waals surface area contributed by atoms with Crippen LogP contribution in [0.25, 0.3) is 17.1 Å². The van der Waals surface area contributed by atoms with Gasteiger partial charge in [-0.25, -0.2) is 4.98 Å². The van der Waals surface area contributed by atoms with Crippen LogP contribution < -0.4 is 0 Å². The van der Waals surface area contributed by atoms with Gasteiger partial charge in [-0.1, -0.05) is 6.07 Å². The molecule has 1 aromatic heterocycles. The molecule has 0 radical (unpaired) electrons. The summed E-state index contributed by atoms with van der Waals surface area (Å²) in [6, 6.07) is 4.12. The Hall–Kier alpha value is -1.22. The van der Waals surface area contributed by atoms with E-state index in [2.05, 4.69) is 41.7 Å². The highest BCUT2D eigenvalue weighted by atomic mass is 32.1. The molecule has 3 heteroatoms. The van der Waals surface area contributed by atoms with Gasteiger partial charge in [-0.2, -0.15) is 0 Å². The lowest BCUT2D eigenvalue weighted by atomic mass is 10.1. The number of aromatic amines is 1. The van der Waals surface area contributed by atoms with Crippen LogP contribution in [0.15, 0.2) is 17.0 Å². The number of aromatic nitrogens is 2. The van der Waals surface area contributed by atoms with Crippen LogP contribution in [0.2, 0.25) is 0 Å². The average molecular weight is 218 g/mol. The Morgan fingerprint density at radius 1 is 1.40 bits per heavy atom. The quantitative estimate of drug-likeness (QED) is 0.705. The monoisotopic (exact) mass is 218 g/mol. The predicted octanol–water partition coefficient (Wildman–Crippen LogP) is 3.47. The molecule has 0 aliphatic rings. The lowest BCUT2D eigenvalue weighted by Crippen LogP contribution is -1.83. The Morgan fingerprint density at radius 2 is 2.13 bits per heavy atom. The van der Waals surface area contributed by atoms with Crippen molar-refractivity contribution in [2.75, 3.05) is 0 Å². The van der Waals surface area contributed by atoms with Gasteiger partial charge in [0.25, 0.3) is 0 Å². The number of hydrogen-bond donors (Lipinski definition) is 2. The van der Waals surface area contributed by atoms with Crippen molar-refractivity contribution in [2.24, 2.45) is 0 Å². The van der Waals surface area contributed by atoms with Crippen LogP contribution in [0.5, 0.6) is 0 Å². The first kappa shape index (κ1) is 10.3. The predicted molar refractivity (Wildman–Crippen MR) is 68.2 cm³/mol. The molecule has 0 aliphatic carbocycles. The second kappa shape index (κ2) is 3.74. The second-order valence-electron chi connectivity index (χ2n) is 3.78. The summed E-state index contributed by atoms with van der Waals surface area (Å²) in [7, 11) is 0. The Balaban J connectivity index is 2.69. The van der Waals surface area contributed by atoms with Crippen LogP contribution in [-0.4, -0.2) is 9.97 Å². The number of hydrogen-bond acceptors (Lipinski definition) is 2. The van der Waals surface area contributed by atoms with E-state index in [1.807, 2.05) is 19.9 Å². The first-order chi connectivity index (χ1) is 7.08. The van der Waals surface area contributed by atoms with Crippen LogP contribution in [0.1, 0.15) is 23.9 Å². The second-order valence-corrected chi connectivity index (χ2v) is 4.49. The minimum Gasteiger partial charge on any atom is -0.342 e. The van der Waals surface area contributed by atoms with Crippen molar-refractivity contribution in [3.05, 3.63) is 34.0 Å². The lowest BCUT2D eigenvalue weighted by Gasteiger charge is -2.01. The maximum Gasteiger partial charge on any atom is 0.104 e. The van der Waals surface area contributed by atoms with Crippen LogP contribution in [-0.2, 0) is 0 Å². The summed E-state index contributed by atoms with van der Waals surface area (Å²) in [5.74, 6) is 0.955. The van der Waals surface area contributed by atoms with Gasteiger partial charge in [0.15, 0.2) is 0 Å². The van der Waals surface area contributed by atoms with Gasteiger partial charge >= 0.3 is 0 Å². The van der Waals surface area contributed by atoms with E-state index in [-0.39, 0.29) is 0 Å². The number of imidazole rings is 1. The molecule has 0 amide bonds. The van der Waals surface area contributed by atoms with E-state index in [4.69, 9.17) is 0 Å². The number of thiol groups is 1. The molecule has 2 aromatic rings. The van der Waals surface area contributed by atoms with E-state index in [0.717, 1.165) is 21.8 Å². The molecule has 0 atom stereocenters. The molecule has 0 aliphatic heterocycles. The van der Waals surface area contributed by atoms with E-state index < -0.39 is 0 Å². The number of fused-ring (bicyclic) bond motifs is 1. The van der Waals surface area contributed by atoms with Crippen LogP contribution in [0, 0.1) is 13.8 Å². The molecule has 1 aromatic carbocycles. The fourth-order valence-electron chi connectivity index (χ4n) is 1.74. The summed E-state index contributed by atoms with van der Waals surface area (Å²) in [6.45, 7) is 6.05. The number of H-pyrrole nitrogens is 1. The third-order valence-corrected chi connectivity index (χ3v) is 2.57. The highest BCUT2D eigenvalue weighted by Crippen LogP contribution is 2.22. The van der Waals surface area contributed by atoms with Gasteiger partial charge in [0.05, 0.1) is 11.0 Å². The number of rotatable bonds is 1. The van der Waals surface area contributed by atoms with E-state index in [1.54, 1.807) is 0 Å². The number of benzene rings is 1. The molecule has 2 nitrogen and oxygen atoms in total. The summed E-state index contributed by atoms with van der Waals surface area (Å²) in [5.41, 5.74) is 4.56. The SMILES string of the molecule is C/C(S)=C/c1ccc2nc(C)[nH]c2c1C. The Kier molecular flexibility index (Phi) is 2.57. The van der Waals surface area contributed by atoms with E-state index >= 15 is 0 Å². The average Bonchev–Trinajstić information content (AvgIpc) is 2.51. The summed E-state index contributed by atoms with van der Waals surface area (Å²) >= 11 is 4.29. The standard InChI is InChI=1S/C12H14N2S/c1-7(15)6-10-4-5-11-12(8(10)2)14-9(3)13-11/h4-6,15H,1-3H3,(H,13,14)/b7-6-. The minimum absolute atomic E-state index is 0.955. The maximum absolute atomic E-state index is 4.40. The summed E-state index contributed by atoms with van der Waals surface area (Å²) in [4.78, 5) is 8.68.